The first kappa shape index (κ1) is 8.99. The van der Waals surface area contributed by atoms with Gasteiger partial charge in [-0.1, -0.05) is 12.1 Å². The maximum Gasteiger partial charge on any atom is 0.191 e. The average molecular weight is 193 g/mol. The van der Waals surface area contributed by atoms with E-state index in [1.54, 1.807) is 12.1 Å². The van der Waals surface area contributed by atoms with E-state index in [-0.39, 0.29) is 5.82 Å². The molecule has 1 aliphatic rings. The van der Waals surface area contributed by atoms with E-state index in [2.05, 4.69) is 15.6 Å². The van der Waals surface area contributed by atoms with Crippen molar-refractivity contribution < 1.29 is 4.39 Å². The molecule has 74 valence electrons. The van der Waals surface area contributed by atoms with Crippen molar-refractivity contribution in [2.24, 2.45) is 4.99 Å². The summed E-state index contributed by atoms with van der Waals surface area (Å²) >= 11 is 0. The molecule has 1 aromatic carbocycles. The van der Waals surface area contributed by atoms with Gasteiger partial charge in [-0.2, -0.15) is 0 Å². The summed E-state index contributed by atoms with van der Waals surface area (Å²) in [5, 5.41) is 6.24. The van der Waals surface area contributed by atoms with Crippen molar-refractivity contribution in [2.45, 2.75) is 6.54 Å². The lowest BCUT2D eigenvalue weighted by atomic mass is 10.2. The van der Waals surface area contributed by atoms with Crippen LogP contribution >= 0.6 is 0 Å². The van der Waals surface area contributed by atoms with E-state index in [0.717, 1.165) is 24.6 Å². The highest BCUT2D eigenvalue weighted by Gasteiger charge is 2.03. The Morgan fingerprint density at radius 3 is 2.79 bits per heavy atom. The van der Waals surface area contributed by atoms with Gasteiger partial charge < -0.3 is 10.6 Å². The van der Waals surface area contributed by atoms with Crippen LogP contribution in [0.3, 0.4) is 0 Å². The summed E-state index contributed by atoms with van der Waals surface area (Å²) in [6.07, 6.45) is 0. The van der Waals surface area contributed by atoms with Crippen LogP contribution in [-0.2, 0) is 6.54 Å². The zero-order valence-electron chi connectivity index (χ0n) is 7.76. The van der Waals surface area contributed by atoms with Crippen molar-refractivity contribution in [2.75, 3.05) is 13.1 Å². The summed E-state index contributed by atoms with van der Waals surface area (Å²) in [6, 6.07) is 6.44. The molecule has 1 heterocycles. The van der Waals surface area contributed by atoms with Crippen LogP contribution in [0, 0.1) is 5.82 Å². The van der Waals surface area contributed by atoms with Crippen LogP contribution in [0.5, 0.6) is 0 Å². The van der Waals surface area contributed by atoms with Crippen molar-refractivity contribution in [3.05, 3.63) is 35.6 Å². The predicted octanol–water partition coefficient (Wildman–Crippen LogP) is 0.875. The highest BCUT2D eigenvalue weighted by molar-refractivity contribution is 5.81. The lowest BCUT2D eigenvalue weighted by Gasteiger charge is -2.05. The number of hydrogen-bond acceptors (Lipinski definition) is 3. The standard InChI is InChI=1S/C10H12FN3/c11-9-3-1-8(2-4-9)7-14-10-12-5-6-13-10/h1-4H,5-7H2,(H2,12,13,14). The molecule has 0 unspecified atom stereocenters. The molecular weight excluding hydrogens is 181 g/mol. The van der Waals surface area contributed by atoms with Gasteiger partial charge in [-0.05, 0) is 17.7 Å². The topological polar surface area (TPSA) is 36.4 Å². The third kappa shape index (κ3) is 2.22. The third-order valence-electron chi connectivity index (χ3n) is 2.05. The van der Waals surface area contributed by atoms with Crippen LogP contribution in [0.15, 0.2) is 29.3 Å². The van der Waals surface area contributed by atoms with Gasteiger partial charge in [0.05, 0.1) is 6.54 Å². The molecule has 0 atom stereocenters. The Hall–Kier alpha value is -1.58. The summed E-state index contributed by atoms with van der Waals surface area (Å²) < 4.78 is 12.6. The summed E-state index contributed by atoms with van der Waals surface area (Å²) in [5.41, 5.74) is 1.04. The van der Waals surface area contributed by atoms with Crippen molar-refractivity contribution in [3.63, 3.8) is 0 Å². The summed E-state index contributed by atoms with van der Waals surface area (Å²) in [7, 11) is 0. The van der Waals surface area contributed by atoms with E-state index in [4.69, 9.17) is 0 Å². The van der Waals surface area contributed by atoms with Crippen LogP contribution in [-0.4, -0.2) is 19.0 Å². The number of hydrogen-bond donors (Lipinski definition) is 2. The van der Waals surface area contributed by atoms with Crippen LogP contribution in [0.25, 0.3) is 0 Å². The normalized spacial score (nSPS) is 14.8. The van der Waals surface area contributed by atoms with E-state index >= 15 is 0 Å². The minimum absolute atomic E-state index is 0.204. The molecule has 0 amide bonds. The number of aliphatic imine (C=N–C) groups is 1. The third-order valence-corrected chi connectivity index (χ3v) is 2.05. The lowest BCUT2D eigenvalue weighted by Crippen LogP contribution is -2.33. The summed E-state index contributed by atoms with van der Waals surface area (Å²) in [4.78, 5) is 4.19. The van der Waals surface area contributed by atoms with E-state index in [1.165, 1.54) is 12.1 Å². The second kappa shape index (κ2) is 4.09. The molecule has 2 rings (SSSR count). The second-order valence-corrected chi connectivity index (χ2v) is 3.14. The fourth-order valence-corrected chi connectivity index (χ4v) is 1.30. The highest BCUT2D eigenvalue weighted by atomic mass is 19.1. The fourth-order valence-electron chi connectivity index (χ4n) is 1.30. The Kier molecular flexibility index (Phi) is 2.62. The van der Waals surface area contributed by atoms with E-state index in [1.807, 2.05) is 0 Å². The zero-order valence-corrected chi connectivity index (χ0v) is 7.76. The van der Waals surface area contributed by atoms with Gasteiger partial charge in [0, 0.05) is 13.1 Å². The number of halogens is 1. The average Bonchev–Trinajstić information content (AvgIpc) is 2.70. The molecule has 0 aliphatic carbocycles. The molecule has 0 fully saturated rings. The van der Waals surface area contributed by atoms with Crippen LogP contribution in [0.2, 0.25) is 0 Å². The van der Waals surface area contributed by atoms with Crippen LogP contribution in [0.4, 0.5) is 4.39 Å². The molecule has 0 saturated carbocycles. The molecule has 3 nitrogen and oxygen atoms in total. The van der Waals surface area contributed by atoms with Gasteiger partial charge in [-0.25, -0.2) is 4.39 Å². The quantitative estimate of drug-likeness (QED) is 0.731. The first-order chi connectivity index (χ1) is 6.84. The Morgan fingerprint density at radius 1 is 1.36 bits per heavy atom. The fraction of sp³-hybridized carbons (Fsp3) is 0.300. The van der Waals surface area contributed by atoms with Crippen molar-refractivity contribution in [1.82, 2.24) is 10.6 Å². The Labute approximate surface area is 82.0 Å². The molecule has 0 spiro atoms. The van der Waals surface area contributed by atoms with E-state index in [0.29, 0.717) is 6.54 Å². The number of nitrogens with zero attached hydrogens (tertiary/aromatic N) is 1. The highest BCUT2D eigenvalue weighted by Crippen LogP contribution is 2.01. The number of guanidine groups is 1. The molecule has 2 N–H and O–H groups in total. The predicted molar refractivity (Wildman–Crippen MR) is 53.5 cm³/mol. The molecule has 0 aromatic heterocycles. The lowest BCUT2D eigenvalue weighted by molar-refractivity contribution is 0.626. The number of rotatable bonds is 2. The van der Waals surface area contributed by atoms with Gasteiger partial charge in [0.15, 0.2) is 5.96 Å². The minimum Gasteiger partial charge on any atom is -0.355 e. The first-order valence-corrected chi connectivity index (χ1v) is 4.61. The number of nitrogens with one attached hydrogen (secondary N) is 2. The second-order valence-electron chi connectivity index (χ2n) is 3.14. The molecule has 4 heteroatoms. The summed E-state index contributed by atoms with van der Waals surface area (Å²) in [5.74, 6) is 0.624. The van der Waals surface area contributed by atoms with Gasteiger partial charge in [-0.15, -0.1) is 0 Å². The molecule has 14 heavy (non-hydrogen) atoms. The van der Waals surface area contributed by atoms with Crippen molar-refractivity contribution in [3.8, 4) is 0 Å². The molecule has 0 radical (unpaired) electrons. The first-order valence-electron chi connectivity index (χ1n) is 4.61. The smallest absolute Gasteiger partial charge is 0.191 e. The monoisotopic (exact) mass is 193 g/mol. The molecule has 1 aromatic rings. The van der Waals surface area contributed by atoms with Crippen LogP contribution in [0.1, 0.15) is 5.56 Å². The molecule has 0 bridgehead atoms. The molecular formula is C10H12FN3. The van der Waals surface area contributed by atoms with Crippen LogP contribution < -0.4 is 10.6 Å². The van der Waals surface area contributed by atoms with Gasteiger partial charge >= 0.3 is 0 Å². The van der Waals surface area contributed by atoms with Crippen molar-refractivity contribution in [1.29, 1.82) is 0 Å². The van der Waals surface area contributed by atoms with Gasteiger partial charge in [-0.3, -0.25) is 4.99 Å². The zero-order chi connectivity index (χ0) is 9.80. The largest absolute Gasteiger partial charge is 0.355 e. The Morgan fingerprint density at radius 2 is 2.14 bits per heavy atom. The number of benzene rings is 1. The van der Waals surface area contributed by atoms with E-state index in [9.17, 15) is 4.39 Å². The summed E-state index contributed by atoms with van der Waals surface area (Å²) in [6.45, 7) is 2.39. The van der Waals surface area contributed by atoms with Gasteiger partial charge in [0.2, 0.25) is 0 Å². The SMILES string of the molecule is Fc1ccc(CNC2=NCCN2)cc1. The van der Waals surface area contributed by atoms with Gasteiger partial charge in [0.1, 0.15) is 5.82 Å². The maximum absolute atomic E-state index is 12.6. The Bertz CT molecular complexity index is 332. The Balaban J connectivity index is 1.88. The van der Waals surface area contributed by atoms with E-state index < -0.39 is 0 Å². The van der Waals surface area contributed by atoms with Crippen molar-refractivity contribution >= 4 is 5.96 Å². The maximum atomic E-state index is 12.6. The molecule has 1 aliphatic heterocycles. The minimum atomic E-state index is -0.204. The molecule has 0 saturated heterocycles. The van der Waals surface area contributed by atoms with Gasteiger partial charge in [0.25, 0.3) is 0 Å².